The average Bonchev–Trinajstić information content (AvgIpc) is 3.13. The van der Waals surface area contributed by atoms with Crippen LogP contribution in [-0.4, -0.2) is 38.5 Å². The summed E-state index contributed by atoms with van der Waals surface area (Å²) in [5.74, 6) is 0.365. The molecule has 1 aliphatic carbocycles. The molecule has 1 aromatic heterocycles. The van der Waals surface area contributed by atoms with E-state index in [0.717, 1.165) is 36.1 Å². The SMILES string of the molecule is COC(=O)c1c(NC(=O)CCCOc2ccc(C(C)=O)cc2OC)sc2c1CCCC2. The van der Waals surface area contributed by atoms with Gasteiger partial charge in [0, 0.05) is 16.9 Å². The number of rotatable bonds is 9. The number of carbonyl (C=O) groups excluding carboxylic acids is 3. The van der Waals surface area contributed by atoms with Gasteiger partial charge in [-0.15, -0.1) is 11.3 Å². The van der Waals surface area contributed by atoms with Crippen molar-refractivity contribution in [1.82, 2.24) is 0 Å². The standard InChI is InChI=1S/C23H27NO6S/c1-14(25)15-10-11-17(18(13-15)28-2)30-12-6-9-20(26)24-22-21(23(27)29-3)16-7-4-5-8-19(16)31-22/h10-11,13H,4-9,12H2,1-3H3,(H,24,26). The second kappa shape index (κ2) is 10.4. The monoisotopic (exact) mass is 445 g/mol. The Morgan fingerprint density at radius 1 is 1.10 bits per heavy atom. The number of ketones is 1. The topological polar surface area (TPSA) is 90.9 Å². The van der Waals surface area contributed by atoms with E-state index in [-0.39, 0.29) is 18.1 Å². The Balaban J connectivity index is 1.56. The van der Waals surface area contributed by atoms with E-state index in [1.807, 2.05) is 0 Å². The van der Waals surface area contributed by atoms with Crippen molar-refractivity contribution in [2.24, 2.45) is 0 Å². The molecule has 3 rings (SSSR count). The molecule has 8 heteroatoms. The summed E-state index contributed by atoms with van der Waals surface area (Å²) in [6.07, 6.45) is 4.63. The predicted octanol–water partition coefficient (Wildman–Crippen LogP) is 4.42. The Morgan fingerprint density at radius 2 is 1.87 bits per heavy atom. The van der Waals surface area contributed by atoms with Crippen molar-refractivity contribution in [3.05, 3.63) is 39.8 Å². The second-order valence-electron chi connectivity index (χ2n) is 7.33. The van der Waals surface area contributed by atoms with Gasteiger partial charge in [0.1, 0.15) is 5.00 Å². The molecule has 0 saturated carbocycles. The minimum atomic E-state index is -0.404. The first-order valence-electron chi connectivity index (χ1n) is 10.3. The van der Waals surface area contributed by atoms with Gasteiger partial charge in [-0.05, 0) is 62.8 Å². The van der Waals surface area contributed by atoms with Gasteiger partial charge in [-0.25, -0.2) is 4.79 Å². The van der Waals surface area contributed by atoms with E-state index in [0.29, 0.717) is 40.7 Å². The maximum Gasteiger partial charge on any atom is 0.341 e. The number of ether oxygens (including phenoxy) is 3. The molecule has 0 fully saturated rings. The molecule has 0 unspecified atom stereocenters. The maximum absolute atomic E-state index is 12.5. The molecule has 0 atom stereocenters. The number of hydrogen-bond donors (Lipinski definition) is 1. The van der Waals surface area contributed by atoms with Gasteiger partial charge in [0.25, 0.3) is 0 Å². The Hall–Kier alpha value is -2.87. The van der Waals surface area contributed by atoms with Crippen LogP contribution >= 0.6 is 11.3 Å². The molecule has 2 aromatic rings. The minimum Gasteiger partial charge on any atom is -0.493 e. The lowest BCUT2D eigenvalue weighted by Crippen LogP contribution is -2.15. The Morgan fingerprint density at radius 3 is 2.58 bits per heavy atom. The van der Waals surface area contributed by atoms with Crippen LogP contribution in [-0.2, 0) is 22.4 Å². The zero-order valence-electron chi connectivity index (χ0n) is 18.0. The highest BCUT2D eigenvalue weighted by Crippen LogP contribution is 2.38. The molecule has 7 nitrogen and oxygen atoms in total. The molecule has 1 amide bonds. The Labute approximate surface area is 185 Å². The molecule has 0 radical (unpaired) electrons. The number of nitrogens with one attached hydrogen (secondary N) is 1. The fourth-order valence-corrected chi connectivity index (χ4v) is 4.88. The fourth-order valence-electron chi connectivity index (χ4n) is 3.58. The summed E-state index contributed by atoms with van der Waals surface area (Å²) in [5.41, 5.74) is 2.06. The lowest BCUT2D eigenvalue weighted by molar-refractivity contribution is -0.116. The molecule has 166 valence electrons. The fraction of sp³-hybridized carbons (Fsp3) is 0.435. The molecule has 31 heavy (non-hydrogen) atoms. The Bertz CT molecular complexity index is 981. The van der Waals surface area contributed by atoms with E-state index in [2.05, 4.69) is 5.32 Å². The van der Waals surface area contributed by atoms with Crippen molar-refractivity contribution >= 4 is 34.0 Å². The summed E-state index contributed by atoms with van der Waals surface area (Å²) >= 11 is 1.47. The predicted molar refractivity (Wildman–Crippen MR) is 119 cm³/mol. The zero-order valence-corrected chi connectivity index (χ0v) is 18.9. The van der Waals surface area contributed by atoms with Crippen molar-refractivity contribution in [3.63, 3.8) is 0 Å². The van der Waals surface area contributed by atoms with E-state index in [9.17, 15) is 14.4 Å². The third-order valence-corrected chi connectivity index (χ3v) is 6.40. The van der Waals surface area contributed by atoms with Crippen molar-refractivity contribution < 1.29 is 28.6 Å². The van der Waals surface area contributed by atoms with Crippen molar-refractivity contribution in [2.75, 3.05) is 26.1 Å². The van der Waals surface area contributed by atoms with Crippen LogP contribution in [0.4, 0.5) is 5.00 Å². The summed E-state index contributed by atoms with van der Waals surface area (Å²) in [6, 6.07) is 5.01. The number of thiophene rings is 1. The summed E-state index contributed by atoms with van der Waals surface area (Å²) in [5, 5.41) is 3.46. The van der Waals surface area contributed by atoms with Crippen LogP contribution < -0.4 is 14.8 Å². The highest BCUT2D eigenvalue weighted by Gasteiger charge is 2.26. The average molecular weight is 446 g/mol. The van der Waals surface area contributed by atoms with Gasteiger partial charge >= 0.3 is 5.97 Å². The molecule has 1 N–H and O–H groups in total. The molecule has 1 heterocycles. The number of amides is 1. The quantitative estimate of drug-likeness (QED) is 0.349. The van der Waals surface area contributed by atoms with Crippen LogP contribution in [0.3, 0.4) is 0 Å². The Kier molecular flexibility index (Phi) is 7.68. The van der Waals surface area contributed by atoms with Gasteiger partial charge < -0.3 is 19.5 Å². The lowest BCUT2D eigenvalue weighted by atomic mass is 9.95. The number of benzene rings is 1. The first-order chi connectivity index (χ1) is 14.9. The first-order valence-corrected chi connectivity index (χ1v) is 11.1. The molecule has 0 spiro atoms. The minimum absolute atomic E-state index is 0.0527. The van der Waals surface area contributed by atoms with Crippen molar-refractivity contribution in [3.8, 4) is 11.5 Å². The lowest BCUT2D eigenvalue weighted by Gasteiger charge is -2.12. The smallest absolute Gasteiger partial charge is 0.341 e. The van der Waals surface area contributed by atoms with Gasteiger partial charge in [0.05, 0.1) is 26.4 Å². The number of fused-ring (bicyclic) bond motifs is 1. The molecular weight excluding hydrogens is 418 g/mol. The van der Waals surface area contributed by atoms with Gasteiger partial charge in [-0.3, -0.25) is 9.59 Å². The van der Waals surface area contributed by atoms with E-state index in [1.165, 1.54) is 32.5 Å². The number of anilines is 1. The number of hydrogen-bond acceptors (Lipinski definition) is 7. The zero-order chi connectivity index (χ0) is 22.4. The third-order valence-electron chi connectivity index (χ3n) is 5.19. The number of carbonyl (C=O) groups is 3. The maximum atomic E-state index is 12.5. The number of methoxy groups -OCH3 is 2. The van der Waals surface area contributed by atoms with Gasteiger partial charge in [-0.2, -0.15) is 0 Å². The van der Waals surface area contributed by atoms with Crippen molar-refractivity contribution in [1.29, 1.82) is 0 Å². The molecule has 0 saturated heterocycles. The highest BCUT2D eigenvalue weighted by molar-refractivity contribution is 7.17. The highest BCUT2D eigenvalue weighted by atomic mass is 32.1. The van der Waals surface area contributed by atoms with Crippen molar-refractivity contribution in [2.45, 2.75) is 45.4 Å². The number of Topliss-reactive ketones (excluding diaryl/α,β-unsaturated/α-hetero) is 1. The molecular formula is C23H27NO6S. The van der Waals surface area contributed by atoms with Gasteiger partial charge in [0.2, 0.25) is 5.91 Å². The first kappa shape index (κ1) is 22.8. The van der Waals surface area contributed by atoms with Crippen LogP contribution in [0.2, 0.25) is 0 Å². The summed E-state index contributed by atoms with van der Waals surface area (Å²) in [4.78, 5) is 37.4. The van der Waals surface area contributed by atoms with E-state index in [1.54, 1.807) is 18.2 Å². The van der Waals surface area contributed by atoms with E-state index < -0.39 is 5.97 Å². The largest absolute Gasteiger partial charge is 0.493 e. The second-order valence-corrected chi connectivity index (χ2v) is 8.43. The van der Waals surface area contributed by atoms with Crippen LogP contribution in [0.15, 0.2) is 18.2 Å². The summed E-state index contributed by atoms with van der Waals surface area (Å²) < 4.78 is 15.9. The molecule has 1 aromatic carbocycles. The van der Waals surface area contributed by atoms with Crippen LogP contribution in [0.25, 0.3) is 0 Å². The molecule has 1 aliphatic rings. The van der Waals surface area contributed by atoms with Crippen LogP contribution in [0.5, 0.6) is 11.5 Å². The van der Waals surface area contributed by atoms with Gasteiger partial charge in [0.15, 0.2) is 17.3 Å². The van der Waals surface area contributed by atoms with Gasteiger partial charge in [-0.1, -0.05) is 0 Å². The van der Waals surface area contributed by atoms with Crippen LogP contribution in [0, 0.1) is 0 Å². The van der Waals surface area contributed by atoms with Crippen LogP contribution in [0.1, 0.15) is 63.8 Å². The van der Waals surface area contributed by atoms with E-state index in [4.69, 9.17) is 14.2 Å². The molecule has 0 bridgehead atoms. The number of aryl methyl sites for hydroxylation is 1. The normalized spacial score (nSPS) is 12.6. The molecule has 0 aliphatic heterocycles. The summed E-state index contributed by atoms with van der Waals surface area (Å²) in [6.45, 7) is 1.80. The third kappa shape index (κ3) is 5.44. The summed E-state index contributed by atoms with van der Waals surface area (Å²) in [7, 11) is 2.87. The number of esters is 1. The van der Waals surface area contributed by atoms with E-state index >= 15 is 0 Å².